The summed E-state index contributed by atoms with van der Waals surface area (Å²) in [6, 6.07) is 6.37. The highest BCUT2D eigenvalue weighted by Crippen LogP contribution is 2.02. The van der Waals surface area contributed by atoms with Crippen LogP contribution in [0.1, 0.15) is 5.56 Å². The molecule has 1 aromatic carbocycles. The number of hydroxylamine groups is 1. The molecule has 0 heterocycles. The van der Waals surface area contributed by atoms with Crippen molar-refractivity contribution < 1.29 is 9.23 Å². The normalized spacial score (nSPS) is 10.0. The number of benzene rings is 1. The molecular formula is C8H10FNO. The van der Waals surface area contributed by atoms with Crippen LogP contribution in [0.4, 0.5) is 4.39 Å². The Balaban J connectivity index is 2.56. The zero-order valence-corrected chi connectivity index (χ0v) is 6.30. The van der Waals surface area contributed by atoms with Crippen LogP contribution in [0.5, 0.6) is 0 Å². The van der Waals surface area contributed by atoms with Gasteiger partial charge in [0.1, 0.15) is 5.82 Å². The lowest BCUT2D eigenvalue weighted by molar-refractivity contribution is 0.0866. The quantitative estimate of drug-likeness (QED) is 0.667. The summed E-state index contributed by atoms with van der Waals surface area (Å²) in [6.45, 7) is 0.522. The van der Waals surface area contributed by atoms with Gasteiger partial charge in [0.2, 0.25) is 0 Å². The van der Waals surface area contributed by atoms with E-state index in [1.165, 1.54) is 19.2 Å². The summed E-state index contributed by atoms with van der Waals surface area (Å²) >= 11 is 0. The van der Waals surface area contributed by atoms with Crippen LogP contribution in [0.3, 0.4) is 0 Å². The molecule has 0 saturated heterocycles. The number of hydrogen-bond donors (Lipinski definition) is 1. The van der Waals surface area contributed by atoms with Gasteiger partial charge in [-0.1, -0.05) is 12.1 Å². The molecule has 3 heteroatoms. The largest absolute Gasteiger partial charge is 0.305 e. The molecule has 0 spiro atoms. The summed E-state index contributed by atoms with van der Waals surface area (Å²) in [7, 11) is 1.53. The minimum absolute atomic E-state index is 0.222. The van der Waals surface area contributed by atoms with E-state index in [-0.39, 0.29) is 5.82 Å². The van der Waals surface area contributed by atoms with Gasteiger partial charge in [0.25, 0.3) is 0 Å². The van der Waals surface area contributed by atoms with Gasteiger partial charge in [-0.25, -0.2) is 4.39 Å². The monoisotopic (exact) mass is 155 g/mol. The molecule has 1 rings (SSSR count). The third-order valence-corrected chi connectivity index (χ3v) is 1.31. The van der Waals surface area contributed by atoms with Crippen molar-refractivity contribution in [1.82, 2.24) is 5.48 Å². The summed E-state index contributed by atoms with van der Waals surface area (Å²) in [4.78, 5) is 4.61. The molecule has 0 aliphatic heterocycles. The van der Waals surface area contributed by atoms with Gasteiger partial charge in [-0.3, -0.25) is 0 Å². The fraction of sp³-hybridized carbons (Fsp3) is 0.250. The zero-order valence-electron chi connectivity index (χ0n) is 6.30. The van der Waals surface area contributed by atoms with Crippen molar-refractivity contribution >= 4 is 0 Å². The topological polar surface area (TPSA) is 21.3 Å². The molecule has 0 fully saturated rings. The molecule has 0 radical (unpaired) electrons. The average Bonchev–Trinajstić information content (AvgIpc) is 2.01. The fourth-order valence-corrected chi connectivity index (χ4v) is 0.802. The highest BCUT2D eigenvalue weighted by molar-refractivity contribution is 5.15. The summed E-state index contributed by atoms with van der Waals surface area (Å²) < 4.78 is 12.5. The van der Waals surface area contributed by atoms with E-state index in [1.807, 2.05) is 6.07 Å². The van der Waals surface area contributed by atoms with Crippen LogP contribution in [-0.4, -0.2) is 7.11 Å². The van der Waals surface area contributed by atoms with Crippen LogP contribution in [0.25, 0.3) is 0 Å². The number of hydrogen-bond acceptors (Lipinski definition) is 2. The Bertz CT molecular complexity index is 227. The fourth-order valence-electron chi connectivity index (χ4n) is 0.802. The molecule has 0 atom stereocenters. The summed E-state index contributed by atoms with van der Waals surface area (Å²) in [5.74, 6) is -0.222. The van der Waals surface area contributed by atoms with Crippen molar-refractivity contribution in [3.63, 3.8) is 0 Å². The smallest absolute Gasteiger partial charge is 0.123 e. The molecule has 0 bridgehead atoms. The van der Waals surface area contributed by atoms with E-state index in [9.17, 15) is 4.39 Å². The average molecular weight is 155 g/mol. The van der Waals surface area contributed by atoms with E-state index in [2.05, 4.69) is 10.3 Å². The van der Waals surface area contributed by atoms with Gasteiger partial charge < -0.3 is 4.84 Å². The van der Waals surface area contributed by atoms with E-state index < -0.39 is 0 Å². The maximum atomic E-state index is 12.5. The Kier molecular flexibility index (Phi) is 3.01. The first-order chi connectivity index (χ1) is 5.33. The van der Waals surface area contributed by atoms with Crippen molar-refractivity contribution in [2.45, 2.75) is 6.54 Å². The van der Waals surface area contributed by atoms with Gasteiger partial charge in [0.05, 0.1) is 7.11 Å². The molecule has 0 saturated carbocycles. The summed E-state index contributed by atoms with van der Waals surface area (Å²) in [5.41, 5.74) is 3.49. The first kappa shape index (κ1) is 8.17. The number of rotatable bonds is 3. The molecule has 0 aromatic heterocycles. The van der Waals surface area contributed by atoms with Crippen LogP contribution in [0.15, 0.2) is 24.3 Å². The molecule has 0 unspecified atom stereocenters. The van der Waals surface area contributed by atoms with Crippen molar-refractivity contribution in [3.05, 3.63) is 35.6 Å². The third-order valence-electron chi connectivity index (χ3n) is 1.31. The summed E-state index contributed by atoms with van der Waals surface area (Å²) in [6.07, 6.45) is 0. The van der Waals surface area contributed by atoms with E-state index in [1.54, 1.807) is 6.07 Å². The molecule has 60 valence electrons. The zero-order chi connectivity index (χ0) is 8.10. The Labute approximate surface area is 64.9 Å². The van der Waals surface area contributed by atoms with Crippen molar-refractivity contribution in [1.29, 1.82) is 0 Å². The Morgan fingerprint density at radius 3 is 3.00 bits per heavy atom. The van der Waals surface area contributed by atoms with Gasteiger partial charge in [0, 0.05) is 6.54 Å². The highest BCUT2D eigenvalue weighted by Gasteiger charge is 1.92. The SMILES string of the molecule is CONCc1cccc(F)c1. The van der Waals surface area contributed by atoms with Crippen LogP contribution < -0.4 is 5.48 Å². The van der Waals surface area contributed by atoms with Crippen LogP contribution in [-0.2, 0) is 11.4 Å². The van der Waals surface area contributed by atoms with Crippen molar-refractivity contribution in [2.24, 2.45) is 0 Å². The van der Waals surface area contributed by atoms with Gasteiger partial charge in [0.15, 0.2) is 0 Å². The van der Waals surface area contributed by atoms with Gasteiger partial charge >= 0.3 is 0 Å². The minimum Gasteiger partial charge on any atom is -0.305 e. The molecule has 0 aliphatic rings. The minimum atomic E-state index is -0.222. The van der Waals surface area contributed by atoms with Crippen molar-refractivity contribution in [3.8, 4) is 0 Å². The first-order valence-corrected chi connectivity index (χ1v) is 3.33. The molecule has 0 aliphatic carbocycles. The number of nitrogens with one attached hydrogen (secondary N) is 1. The maximum absolute atomic E-state index is 12.5. The summed E-state index contributed by atoms with van der Waals surface area (Å²) in [5, 5.41) is 0. The molecule has 0 amide bonds. The number of halogens is 1. The van der Waals surface area contributed by atoms with Gasteiger partial charge in [-0.05, 0) is 17.7 Å². The molecule has 1 aromatic rings. The maximum Gasteiger partial charge on any atom is 0.123 e. The predicted molar refractivity (Wildman–Crippen MR) is 40.2 cm³/mol. The second kappa shape index (κ2) is 4.05. The molecule has 1 N–H and O–H groups in total. The van der Waals surface area contributed by atoms with Crippen LogP contribution >= 0.6 is 0 Å². The molecule has 2 nitrogen and oxygen atoms in total. The lowest BCUT2D eigenvalue weighted by Crippen LogP contribution is -2.10. The van der Waals surface area contributed by atoms with E-state index in [0.717, 1.165) is 5.56 Å². The van der Waals surface area contributed by atoms with Gasteiger partial charge in [-0.2, -0.15) is 5.48 Å². The van der Waals surface area contributed by atoms with E-state index in [4.69, 9.17) is 0 Å². The predicted octanol–water partition coefficient (Wildman–Crippen LogP) is 1.48. The Morgan fingerprint density at radius 2 is 2.36 bits per heavy atom. The van der Waals surface area contributed by atoms with Gasteiger partial charge in [-0.15, -0.1) is 0 Å². The third kappa shape index (κ3) is 2.65. The van der Waals surface area contributed by atoms with Crippen molar-refractivity contribution in [2.75, 3.05) is 7.11 Å². The first-order valence-electron chi connectivity index (χ1n) is 3.33. The second-order valence-corrected chi connectivity index (χ2v) is 2.16. The Hall–Kier alpha value is -0.930. The Morgan fingerprint density at radius 1 is 1.55 bits per heavy atom. The molecular weight excluding hydrogens is 145 g/mol. The van der Waals surface area contributed by atoms with Crippen LogP contribution in [0.2, 0.25) is 0 Å². The molecule has 11 heavy (non-hydrogen) atoms. The van der Waals surface area contributed by atoms with E-state index in [0.29, 0.717) is 6.54 Å². The highest BCUT2D eigenvalue weighted by atomic mass is 19.1. The lowest BCUT2D eigenvalue weighted by Gasteiger charge is -2.00. The second-order valence-electron chi connectivity index (χ2n) is 2.16. The van der Waals surface area contributed by atoms with Crippen LogP contribution in [0, 0.1) is 5.82 Å². The standard InChI is InChI=1S/C8H10FNO/c1-11-10-6-7-3-2-4-8(9)5-7/h2-5,10H,6H2,1H3. The lowest BCUT2D eigenvalue weighted by atomic mass is 10.2. The van der Waals surface area contributed by atoms with E-state index >= 15 is 0 Å².